The molecule has 2 atom stereocenters. The Balaban J connectivity index is 2.27. The highest BCUT2D eigenvalue weighted by atomic mass is 32.2. The van der Waals surface area contributed by atoms with Crippen molar-refractivity contribution in [1.29, 1.82) is 0 Å². The van der Waals surface area contributed by atoms with E-state index in [1.807, 2.05) is 11.3 Å². The molecule has 0 aromatic carbocycles. The molecule has 0 radical (unpaired) electrons. The van der Waals surface area contributed by atoms with Crippen molar-refractivity contribution in [2.75, 3.05) is 12.3 Å². The fourth-order valence-electron chi connectivity index (χ4n) is 1.70. The van der Waals surface area contributed by atoms with Crippen LogP contribution in [-0.4, -0.2) is 23.6 Å². The maximum atomic E-state index is 3.61. The lowest BCUT2D eigenvalue weighted by molar-refractivity contribution is 0.538. The van der Waals surface area contributed by atoms with Gasteiger partial charge >= 0.3 is 0 Å². The van der Waals surface area contributed by atoms with E-state index < -0.39 is 0 Å². The van der Waals surface area contributed by atoms with Gasteiger partial charge in [-0.3, -0.25) is 0 Å². The quantitative estimate of drug-likeness (QED) is 0.723. The maximum Gasteiger partial charge on any atom is 0.0161 e. The van der Waals surface area contributed by atoms with Gasteiger partial charge in [0, 0.05) is 21.9 Å². The number of aryl methyl sites for hydroxylation is 1. The lowest BCUT2D eigenvalue weighted by Gasteiger charge is -2.19. The Morgan fingerprint density at radius 1 is 1.41 bits per heavy atom. The summed E-state index contributed by atoms with van der Waals surface area (Å²) in [6.07, 6.45) is 3.75. The van der Waals surface area contributed by atoms with E-state index in [2.05, 4.69) is 55.4 Å². The van der Waals surface area contributed by atoms with Crippen LogP contribution < -0.4 is 5.32 Å². The van der Waals surface area contributed by atoms with Crippen molar-refractivity contribution < 1.29 is 0 Å². The number of thiophene rings is 1. The third-order valence-corrected chi connectivity index (χ3v) is 5.40. The summed E-state index contributed by atoms with van der Waals surface area (Å²) in [6.45, 7) is 7.88. The molecule has 1 aromatic heterocycles. The Morgan fingerprint density at radius 2 is 2.24 bits per heavy atom. The lowest BCUT2D eigenvalue weighted by atomic mass is 10.1. The largest absolute Gasteiger partial charge is 0.313 e. The van der Waals surface area contributed by atoms with Crippen LogP contribution in [0.3, 0.4) is 0 Å². The second kappa shape index (κ2) is 9.01. The van der Waals surface area contributed by atoms with Crippen molar-refractivity contribution in [2.24, 2.45) is 0 Å². The minimum atomic E-state index is 0.668. The summed E-state index contributed by atoms with van der Waals surface area (Å²) in [7, 11) is 0. The van der Waals surface area contributed by atoms with Crippen LogP contribution in [0.1, 0.15) is 38.5 Å². The van der Waals surface area contributed by atoms with Crippen molar-refractivity contribution in [3.8, 4) is 0 Å². The summed E-state index contributed by atoms with van der Waals surface area (Å²) in [5.41, 5.74) is 0. The minimum Gasteiger partial charge on any atom is -0.313 e. The molecule has 0 aliphatic heterocycles. The van der Waals surface area contributed by atoms with Crippen LogP contribution in [0.5, 0.6) is 0 Å². The Bertz CT molecular complexity index is 272. The van der Waals surface area contributed by atoms with E-state index in [1.54, 1.807) is 0 Å². The fourth-order valence-corrected chi connectivity index (χ4v) is 3.51. The second-order valence-corrected chi connectivity index (χ2v) is 6.93. The first-order valence-corrected chi connectivity index (χ1v) is 8.56. The first kappa shape index (κ1) is 15.1. The summed E-state index contributed by atoms with van der Waals surface area (Å²) in [5.74, 6) is 1.24. The zero-order chi connectivity index (χ0) is 12.5. The van der Waals surface area contributed by atoms with Crippen molar-refractivity contribution in [3.05, 3.63) is 22.4 Å². The summed E-state index contributed by atoms with van der Waals surface area (Å²) in [4.78, 5) is 1.52. The van der Waals surface area contributed by atoms with Gasteiger partial charge in [-0.2, -0.15) is 11.8 Å². The summed E-state index contributed by atoms with van der Waals surface area (Å²) in [6, 6.07) is 5.06. The maximum absolute atomic E-state index is 3.61. The smallest absolute Gasteiger partial charge is 0.0161 e. The van der Waals surface area contributed by atoms with Gasteiger partial charge in [0.25, 0.3) is 0 Å². The van der Waals surface area contributed by atoms with E-state index in [4.69, 9.17) is 0 Å². The minimum absolute atomic E-state index is 0.668. The molecule has 3 heteroatoms. The van der Waals surface area contributed by atoms with E-state index in [-0.39, 0.29) is 0 Å². The third kappa shape index (κ3) is 6.49. The molecule has 0 saturated carbocycles. The average Bonchev–Trinajstić information content (AvgIpc) is 2.85. The molecular formula is C14H25NS2. The Labute approximate surface area is 114 Å². The number of thioether (sulfide) groups is 1. The monoisotopic (exact) mass is 271 g/mol. The number of rotatable bonds is 9. The molecule has 98 valence electrons. The van der Waals surface area contributed by atoms with E-state index in [1.165, 1.54) is 29.9 Å². The van der Waals surface area contributed by atoms with Gasteiger partial charge < -0.3 is 5.32 Å². The Hall–Kier alpha value is 0.01000. The zero-order valence-corrected chi connectivity index (χ0v) is 12.9. The molecule has 1 nitrogen and oxygen atoms in total. The molecule has 0 fully saturated rings. The highest BCUT2D eigenvalue weighted by Gasteiger charge is 2.10. The molecule has 0 saturated heterocycles. The van der Waals surface area contributed by atoms with E-state index in [9.17, 15) is 0 Å². The van der Waals surface area contributed by atoms with Crippen LogP contribution >= 0.6 is 23.1 Å². The van der Waals surface area contributed by atoms with Gasteiger partial charge in [0.15, 0.2) is 0 Å². The fraction of sp³-hybridized carbons (Fsp3) is 0.714. The third-order valence-electron chi connectivity index (χ3n) is 2.97. The predicted molar refractivity (Wildman–Crippen MR) is 82.3 cm³/mol. The number of hydrogen-bond donors (Lipinski definition) is 1. The molecule has 1 heterocycles. The highest BCUT2D eigenvalue weighted by Crippen LogP contribution is 2.18. The lowest BCUT2D eigenvalue weighted by Crippen LogP contribution is -2.32. The van der Waals surface area contributed by atoms with Gasteiger partial charge in [0.2, 0.25) is 0 Å². The van der Waals surface area contributed by atoms with E-state index in [0.29, 0.717) is 6.04 Å². The molecule has 17 heavy (non-hydrogen) atoms. The van der Waals surface area contributed by atoms with Crippen molar-refractivity contribution in [2.45, 2.75) is 51.3 Å². The normalized spacial score (nSPS) is 14.8. The molecular weight excluding hydrogens is 246 g/mol. The first-order valence-electron chi connectivity index (χ1n) is 6.63. The zero-order valence-electron chi connectivity index (χ0n) is 11.2. The number of nitrogens with one attached hydrogen (secondary N) is 1. The van der Waals surface area contributed by atoms with Gasteiger partial charge in [0.1, 0.15) is 0 Å². The SMILES string of the molecule is CCNC(CCc1cccs1)CSC(C)CC. The van der Waals surface area contributed by atoms with Crippen molar-refractivity contribution in [3.63, 3.8) is 0 Å². The number of hydrogen-bond acceptors (Lipinski definition) is 3. The van der Waals surface area contributed by atoms with Crippen molar-refractivity contribution in [1.82, 2.24) is 5.32 Å². The van der Waals surface area contributed by atoms with E-state index in [0.717, 1.165) is 11.8 Å². The molecule has 2 unspecified atom stereocenters. The van der Waals surface area contributed by atoms with Crippen molar-refractivity contribution >= 4 is 23.1 Å². The molecule has 0 amide bonds. The Kier molecular flexibility index (Phi) is 7.99. The van der Waals surface area contributed by atoms with Gasteiger partial charge in [-0.15, -0.1) is 11.3 Å². The molecule has 1 N–H and O–H groups in total. The van der Waals surface area contributed by atoms with Gasteiger partial charge in [-0.25, -0.2) is 0 Å². The van der Waals surface area contributed by atoms with Crippen LogP contribution in [-0.2, 0) is 6.42 Å². The Morgan fingerprint density at radius 3 is 2.82 bits per heavy atom. The van der Waals surface area contributed by atoms with Crippen LogP contribution in [0, 0.1) is 0 Å². The second-order valence-electron chi connectivity index (χ2n) is 4.42. The summed E-state index contributed by atoms with van der Waals surface area (Å²) in [5, 5.41) is 6.57. The van der Waals surface area contributed by atoms with Gasteiger partial charge in [0.05, 0.1) is 0 Å². The van der Waals surface area contributed by atoms with Crippen LogP contribution in [0.4, 0.5) is 0 Å². The topological polar surface area (TPSA) is 12.0 Å². The first-order chi connectivity index (χ1) is 8.26. The molecule has 0 aliphatic carbocycles. The van der Waals surface area contributed by atoms with Crippen LogP contribution in [0.2, 0.25) is 0 Å². The standard InChI is InChI=1S/C14H25NS2/c1-4-12(3)17-11-13(15-5-2)8-9-14-7-6-10-16-14/h6-7,10,12-13,15H,4-5,8-9,11H2,1-3H3. The average molecular weight is 271 g/mol. The molecule has 0 bridgehead atoms. The summed E-state index contributed by atoms with van der Waals surface area (Å²) >= 11 is 3.98. The highest BCUT2D eigenvalue weighted by molar-refractivity contribution is 7.99. The van der Waals surface area contributed by atoms with Gasteiger partial charge in [-0.05, 0) is 37.3 Å². The molecule has 1 rings (SSSR count). The summed E-state index contributed by atoms with van der Waals surface area (Å²) < 4.78 is 0. The predicted octanol–water partition coefficient (Wildman–Crippen LogP) is 4.19. The van der Waals surface area contributed by atoms with Crippen LogP contribution in [0.15, 0.2) is 17.5 Å². The molecule has 0 aliphatic rings. The van der Waals surface area contributed by atoms with E-state index >= 15 is 0 Å². The van der Waals surface area contributed by atoms with Crippen LogP contribution in [0.25, 0.3) is 0 Å². The van der Waals surface area contributed by atoms with Gasteiger partial charge in [-0.1, -0.05) is 26.8 Å². The molecule has 0 spiro atoms. The molecule has 1 aromatic rings.